The number of amides is 2. The van der Waals surface area contributed by atoms with E-state index in [0.717, 1.165) is 43.2 Å². The third kappa shape index (κ3) is 4.86. The van der Waals surface area contributed by atoms with Crippen LogP contribution in [0.2, 0.25) is 0 Å². The maximum atomic E-state index is 12.0. The van der Waals surface area contributed by atoms with Crippen molar-refractivity contribution in [2.24, 2.45) is 5.92 Å². The van der Waals surface area contributed by atoms with E-state index in [2.05, 4.69) is 39.6 Å². The lowest BCUT2D eigenvalue weighted by Gasteiger charge is -2.31. The van der Waals surface area contributed by atoms with Gasteiger partial charge in [-0.15, -0.1) is 0 Å². The number of nitrogens with one attached hydrogen (secondary N) is 2. The minimum atomic E-state index is -0.0593. The number of rotatable bonds is 4. The van der Waals surface area contributed by atoms with Crippen molar-refractivity contribution in [2.75, 3.05) is 18.0 Å². The van der Waals surface area contributed by atoms with Crippen molar-refractivity contribution >= 4 is 11.8 Å². The lowest BCUT2D eigenvalue weighted by Crippen LogP contribution is -2.42. The minimum absolute atomic E-state index is 0.0593. The fourth-order valence-corrected chi connectivity index (χ4v) is 3.61. The van der Waals surface area contributed by atoms with Crippen LogP contribution in [0.5, 0.6) is 0 Å². The smallest absolute Gasteiger partial charge is 0.315 e. The van der Waals surface area contributed by atoms with E-state index in [9.17, 15) is 4.79 Å². The van der Waals surface area contributed by atoms with Crippen LogP contribution in [0, 0.1) is 5.92 Å². The van der Waals surface area contributed by atoms with Crippen LogP contribution in [0.25, 0.3) is 0 Å². The van der Waals surface area contributed by atoms with E-state index in [4.69, 9.17) is 0 Å². The Bertz CT molecular complexity index is 517. The summed E-state index contributed by atoms with van der Waals surface area (Å²) < 4.78 is 0. The van der Waals surface area contributed by atoms with Gasteiger partial charge in [0, 0.05) is 31.9 Å². The normalized spacial score (nSPS) is 20.0. The SMILES string of the molecule is CC1CCN(c2ccc(CNC(=O)NC3CCCCC3)cn2)CC1. The Labute approximate surface area is 145 Å². The van der Waals surface area contributed by atoms with Gasteiger partial charge in [-0.3, -0.25) is 0 Å². The fraction of sp³-hybridized carbons (Fsp3) is 0.684. The molecule has 2 aliphatic rings. The molecule has 2 heterocycles. The number of carbonyl (C=O) groups is 1. The Morgan fingerprint density at radius 2 is 1.92 bits per heavy atom. The van der Waals surface area contributed by atoms with Crippen molar-refractivity contribution in [3.05, 3.63) is 23.9 Å². The number of nitrogens with zero attached hydrogens (tertiary/aromatic N) is 2. The first kappa shape index (κ1) is 17.1. The van der Waals surface area contributed by atoms with Gasteiger partial charge in [-0.25, -0.2) is 9.78 Å². The quantitative estimate of drug-likeness (QED) is 0.889. The van der Waals surface area contributed by atoms with E-state index >= 15 is 0 Å². The zero-order valence-electron chi connectivity index (χ0n) is 14.8. The van der Waals surface area contributed by atoms with Gasteiger partial charge >= 0.3 is 6.03 Å². The molecule has 5 heteroatoms. The lowest BCUT2D eigenvalue weighted by molar-refractivity contribution is 0.232. The first-order valence-corrected chi connectivity index (χ1v) is 9.45. The Hall–Kier alpha value is -1.78. The van der Waals surface area contributed by atoms with Crippen molar-refractivity contribution in [3.8, 4) is 0 Å². The maximum Gasteiger partial charge on any atom is 0.315 e. The first-order chi connectivity index (χ1) is 11.7. The molecule has 0 bridgehead atoms. The Kier molecular flexibility index (Phi) is 5.94. The van der Waals surface area contributed by atoms with E-state index < -0.39 is 0 Å². The Morgan fingerprint density at radius 3 is 2.58 bits per heavy atom. The number of urea groups is 1. The molecule has 0 radical (unpaired) electrons. The summed E-state index contributed by atoms with van der Waals surface area (Å²) in [7, 11) is 0. The predicted molar refractivity (Wildman–Crippen MR) is 97.1 cm³/mol. The van der Waals surface area contributed by atoms with E-state index in [-0.39, 0.29) is 6.03 Å². The summed E-state index contributed by atoms with van der Waals surface area (Å²) in [6.07, 6.45) is 10.3. The predicted octanol–water partition coefficient (Wildman–Crippen LogP) is 3.45. The van der Waals surface area contributed by atoms with Crippen LogP contribution in [0.1, 0.15) is 57.4 Å². The van der Waals surface area contributed by atoms with E-state index in [1.807, 2.05) is 6.20 Å². The molecule has 0 aromatic carbocycles. The van der Waals surface area contributed by atoms with Gasteiger partial charge in [-0.2, -0.15) is 0 Å². The average molecular weight is 330 g/mol. The molecule has 0 atom stereocenters. The largest absolute Gasteiger partial charge is 0.357 e. The van der Waals surface area contributed by atoms with E-state index in [0.29, 0.717) is 12.6 Å². The number of hydrogen-bond acceptors (Lipinski definition) is 3. The summed E-state index contributed by atoms with van der Waals surface area (Å²) in [6, 6.07) is 4.43. The zero-order chi connectivity index (χ0) is 16.8. The summed E-state index contributed by atoms with van der Waals surface area (Å²) in [5.74, 6) is 1.88. The third-order valence-electron chi connectivity index (χ3n) is 5.31. The van der Waals surface area contributed by atoms with Gasteiger partial charge in [0.05, 0.1) is 0 Å². The van der Waals surface area contributed by atoms with Gasteiger partial charge in [0.15, 0.2) is 0 Å². The number of aromatic nitrogens is 1. The highest BCUT2D eigenvalue weighted by Crippen LogP contribution is 2.21. The molecule has 1 aromatic rings. The van der Waals surface area contributed by atoms with Crippen molar-refractivity contribution in [1.29, 1.82) is 0 Å². The summed E-state index contributed by atoms with van der Waals surface area (Å²) in [6.45, 7) is 5.03. The highest BCUT2D eigenvalue weighted by Gasteiger charge is 2.17. The molecule has 0 spiro atoms. The summed E-state index contributed by atoms with van der Waals surface area (Å²) >= 11 is 0. The average Bonchev–Trinajstić information content (AvgIpc) is 2.62. The van der Waals surface area contributed by atoms with Gasteiger partial charge < -0.3 is 15.5 Å². The molecule has 1 saturated heterocycles. The zero-order valence-corrected chi connectivity index (χ0v) is 14.8. The lowest BCUT2D eigenvalue weighted by atomic mass is 9.96. The van der Waals surface area contributed by atoms with Gasteiger partial charge in [-0.05, 0) is 43.2 Å². The number of hydrogen-bond donors (Lipinski definition) is 2. The highest BCUT2D eigenvalue weighted by molar-refractivity contribution is 5.74. The molecule has 2 amide bonds. The van der Waals surface area contributed by atoms with Gasteiger partial charge in [-0.1, -0.05) is 32.3 Å². The van der Waals surface area contributed by atoms with Crippen LogP contribution >= 0.6 is 0 Å². The molecule has 3 rings (SSSR count). The molecule has 132 valence electrons. The van der Waals surface area contributed by atoms with Crippen LogP contribution in [0.15, 0.2) is 18.3 Å². The molecule has 24 heavy (non-hydrogen) atoms. The van der Waals surface area contributed by atoms with Crippen molar-refractivity contribution < 1.29 is 4.79 Å². The second-order valence-electron chi connectivity index (χ2n) is 7.36. The van der Waals surface area contributed by atoms with Gasteiger partial charge in [0.25, 0.3) is 0 Å². The highest BCUT2D eigenvalue weighted by atomic mass is 16.2. The number of carbonyl (C=O) groups excluding carboxylic acids is 1. The number of piperidine rings is 1. The second kappa shape index (κ2) is 8.36. The molecular formula is C19H30N4O. The third-order valence-corrected chi connectivity index (χ3v) is 5.31. The molecule has 5 nitrogen and oxygen atoms in total. The molecule has 2 N–H and O–H groups in total. The van der Waals surface area contributed by atoms with Crippen LogP contribution in [0.4, 0.5) is 10.6 Å². The molecule has 2 fully saturated rings. The molecule has 1 aliphatic carbocycles. The first-order valence-electron chi connectivity index (χ1n) is 9.45. The molecule has 1 aliphatic heterocycles. The van der Waals surface area contributed by atoms with Crippen molar-refractivity contribution in [1.82, 2.24) is 15.6 Å². The summed E-state index contributed by atoms with van der Waals surface area (Å²) in [5.41, 5.74) is 1.04. The Morgan fingerprint density at radius 1 is 1.17 bits per heavy atom. The number of pyridine rings is 1. The second-order valence-corrected chi connectivity index (χ2v) is 7.36. The standard InChI is InChI=1S/C19H30N4O/c1-15-9-11-23(12-10-15)18-8-7-16(13-20-18)14-21-19(24)22-17-5-3-2-4-6-17/h7-8,13,15,17H,2-6,9-12,14H2,1H3,(H2,21,22,24). The molecule has 1 saturated carbocycles. The van der Waals surface area contributed by atoms with E-state index in [1.54, 1.807) is 0 Å². The van der Waals surface area contributed by atoms with Gasteiger partial charge in [0.2, 0.25) is 0 Å². The van der Waals surface area contributed by atoms with Crippen LogP contribution < -0.4 is 15.5 Å². The fourth-order valence-electron chi connectivity index (χ4n) is 3.61. The minimum Gasteiger partial charge on any atom is -0.357 e. The Balaban J connectivity index is 1.43. The van der Waals surface area contributed by atoms with Crippen LogP contribution in [-0.2, 0) is 6.54 Å². The van der Waals surface area contributed by atoms with Crippen LogP contribution in [0.3, 0.4) is 0 Å². The molecular weight excluding hydrogens is 300 g/mol. The van der Waals surface area contributed by atoms with Crippen molar-refractivity contribution in [3.63, 3.8) is 0 Å². The van der Waals surface area contributed by atoms with Gasteiger partial charge in [0.1, 0.15) is 5.82 Å². The molecule has 1 aromatic heterocycles. The van der Waals surface area contributed by atoms with Crippen LogP contribution in [-0.4, -0.2) is 30.1 Å². The maximum absolute atomic E-state index is 12.0. The molecule has 0 unspecified atom stereocenters. The van der Waals surface area contributed by atoms with E-state index in [1.165, 1.54) is 32.1 Å². The van der Waals surface area contributed by atoms with Crippen molar-refractivity contribution in [2.45, 2.75) is 64.5 Å². The topological polar surface area (TPSA) is 57.3 Å². The summed E-state index contributed by atoms with van der Waals surface area (Å²) in [5, 5.41) is 6.03. The monoisotopic (exact) mass is 330 g/mol. The summed E-state index contributed by atoms with van der Waals surface area (Å²) in [4.78, 5) is 18.9. The number of anilines is 1.